The maximum Gasteiger partial charge on any atom is 0.256 e. The van der Waals surface area contributed by atoms with Gasteiger partial charge in [-0.1, -0.05) is 12.1 Å². The zero-order chi connectivity index (χ0) is 17.8. The standard InChI is InChI=1S/C19H22N4O2/c1-13-6-7-16(11-22-13)19(25)23-9-8-21-12-17(23)14-4-3-5-15(10-14)18(24)20-2/h3-7,10-11,17,21H,8-9,12H2,1-2H3,(H,20,24)/t17-/m1/s1. The number of hydrogen-bond donors (Lipinski definition) is 2. The van der Waals surface area contributed by atoms with E-state index in [1.54, 1.807) is 19.3 Å². The van der Waals surface area contributed by atoms with E-state index in [4.69, 9.17) is 0 Å². The minimum Gasteiger partial charge on any atom is -0.355 e. The van der Waals surface area contributed by atoms with Crippen LogP contribution in [0.2, 0.25) is 0 Å². The summed E-state index contributed by atoms with van der Waals surface area (Å²) in [5, 5.41) is 5.96. The average Bonchev–Trinajstić information content (AvgIpc) is 2.67. The van der Waals surface area contributed by atoms with E-state index in [0.29, 0.717) is 24.2 Å². The van der Waals surface area contributed by atoms with E-state index in [1.165, 1.54) is 0 Å². The SMILES string of the molecule is CNC(=O)c1cccc([C@H]2CNCCN2C(=O)c2ccc(C)nc2)c1. The molecule has 6 heteroatoms. The third kappa shape index (κ3) is 3.69. The maximum absolute atomic E-state index is 12.9. The second-order valence-corrected chi connectivity index (χ2v) is 6.11. The van der Waals surface area contributed by atoms with Crippen molar-refractivity contribution in [1.29, 1.82) is 0 Å². The number of rotatable bonds is 3. The highest BCUT2D eigenvalue weighted by Crippen LogP contribution is 2.25. The fraction of sp³-hybridized carbons (Fsp3) is 0.316. The number of benzene rings is 1. The normalized spacial score (nSPS) is 17.2. The number of aryl methyl sites for hydroxylation is 1. The lowest BCUT2D eigenvalue weighted by molar-refractivity contribution is 0.0634. The molecule has 2 heterocycles. The van der Waals surface area contributed by atoms with Gasteiger partial charge in [-0.15, -0.1) is 0 Å². The highest BCUT2D eigenvalue weighted by atomic mass is 16.2. The Morgan fingerprint density at radius 1 is 1.24 bits per heavy atom. The van der Waals surface area contributed by atoms with Crippen LogP contribution in [-0.2, 0) is 0 Å². The first-order valence-electron chi connectivity index (χ1n) is 8.36. The van der Waals surface area contributed by atoms with Gasteiger partial charge in [-0.2, -0.15) is 0 Å². The minimum absolute atomic E-state index is 0.0376. The molecular formula is C19H22N4O2. The van der Waals surface area contributed by atoms with Gasteiger partial charge in [0, 0.05) is 44.1 Å². The van der Waals surface area contributed by atoms with E-state index in [2.05, 4.69) is 15.6 Å². The van der Waals surface area contributed by atoms with Gasteiger partial charge in [-0.3, -0.25) is 14.6 Å². The summed E-state index contributed by atoms with van der Waals surface area (Å²) in [6.45, 7) is 3.91. The van der Waals surface area contributed by atoms with Crippen LogP contribution in [0.5, 0.6) is 0 Å². The van der Waals surface area contributed by atoms with Crippen LogP contribution >= 0.6 is 0 Å². The Hall–Kier alpha value is -2.73. The average molecular weight is 338 g/mol. The largest absolute Gasteiger partial charge is 0.355 e. The molecule has 6 nitrogen and oxygen atoms in total. The Morgan fingerprint density at radius 3 is 2.80 bits per heavy atom. The number of hydrogen-bond acceptors (Lipinski definition) is 4. The minimum atomic E-state index is -0.133. The summed E-state index contributed by atoms with van der Waals surface area (Å²) in [5.74, 6) is -0.171. The van der Waals surface area contributed by atoms with E-state index >= 15 is 0 Å². The quantitative estimate of drug-likeness (QED) is 0.890. The molecule has 130 valence electrons. The summed E-state index contributed by atoms with van der Waals surface area (Å²) in [6, 6.07) is 11.0. The molecule has 0 radical (unpaired) electrons. The van der Waals surface area contributed by atoms with Crippen LogP contribution in [0, 0.1) is 6.92 Å². The molecule has 1 saturated heterocycles. The van der Waals surface area contributed by atoms with Gasteiger partial charge >= 0.3 is 0 Å². The molecule has 1 aliphatic rings. The lowest BCUT2D eigenvalue weighted by Gasteiger charge is -2.36. The first-order valence-corrected chi connectivity index (χ1v) is 8.36. The highest BCUT2D eigenvalue weighted by Gasteiger charge is 2.29. The predicted molar refractivity (Wildman–Crippen MR) is 95.5 cm³/mol. The van der Waals surface area contributed by atoms with Gasteiger partial charge < -0.3 is 15.5 Å². The Labute approximate surface area is 147 Å². The van der Waals surface area contributed by atoms with Crippen molar-refractivity contribution < 1.29 is 9.59 Å². The van der Waals surface area contributed by atoms with E-state index in [1.807, 2.05) is 42.2 Å². The number of pyridine rings is 1. The molecule has 1 aliphatic heterocycles. The monoisotopic (exact) mass is 338 g/mol. The zero-order valence-electron chi connectivity index (χ0n) is 14.5. The third-order valence-corrected chi connectivity index (χ3v) is 4.42. The Morgan fingerprint density at radius 2 is 2.08 bits per heavy atom. The van der Waals surface area contributed by atoms with Crippen molar-refractivity contribution in [3.63, 3.8) is 0 Å². The van der Waals surface area contributed by atoms with E-state index in [9.17, 15) is 9.59 Å². The van der Waals surface area contributed by atoms with Crippen LogP contribution in [-0.4, -0.2) is 48.4 Å². The van der Waals surface area contributed by atoms with Gasteiger partial charge in [-0.25, -0.2) is 0 Å². The Balaban J connectivity index is 1.89. The summed E-state index contributed by atoms with van der Waals surface area (Å²) in [5.41, 5.74) is 3.00. The van der Waals surface area contributed by atoms with Gasteiger partial charge in [0.25, 0.3) is 11.8 Å². The van der Waals surface area contributed by atoms with E-state index < -0.39 is 0 Å². The van der Waals surface area contributed by atoms with Crippen molar-refractivity contribution in [1.82, 2.24) is 20.5 Å². The van der Waals surface area contributed by atoms with Gasteiger partial charge in [0.1, 0.15) is 0 Å². The molecule has 2 N–H and O–H groups in total. The summed E-state index contributed by atoms with van der Waals surface area (Å²) < 4.78 is 0. The second-order valence-electron chi connectivity index (χ2n) is 6.11. The van der Waals surface area contributed by atoms with Crippen molar-refractivity contribution >= 4 is 11.8 Å². The first-order chi connectivity index (χ1) is 12.1. The molecule has 3 rings (SSSR count). The number of carbonyl (C=O) groups is 2. The number of nitrogens with one attached hydrogen (secondary N) is 2. The molecule has 2 aromatic rings. The van der Waals surface area contributed by atoms with Crippen LogP contribution < -0.4 is 10.6 Å². The van der Waals surface area contributed by atoms with E-state index in [0.717, 1.165) is 17.8 Å². The number of amides is 2. The number of aromatic nitrogens is 1. The molecule has 2 amide bonds. The highest BCUT2D eigenvalue weighted by molar-refractivity contribution is 5.95. The fourth-order valence-electron chi connectivity index (χ4n) is 3.04. The Kier molecular flexibility index (Phi) is 5.09. The molecule has 1 fully saturated rings. The molecular weight excluding hydrogens is 316 g/mol. The smallest absolute Gasteiger partial charge is 0.256 e. The number of carbonyl (C=O) groups excluding carboxylic acids is 2. The number of piperazine rings is 1. The molecule has 0 spiro atoms. The van der Waals surface area contributed by atoms with E-state index in [-0.39, 0.29) is 17.9 Å². The lowest BCUT2D eigenvalue weighted by atomic mass is 9.99. The van der Waals surface area contributed by atoms with Crippen LogP contribution in [0.1, 0.15) is 38.0 Å². The van der Waals surface area contributed by atoms with Crippen LogP contribution in [0.4, 0.5) is 0 Å². The molecule has 0 aliphatic carbocycles. The summed E-state index contributed by atoms with van der Waals surface area (Å²) in [7, 11) is 1.61. The summed E-state index contributed by atoms with van der Waals surface area (Å²) in [4.78, 5) is 30.9. The molecule has 0 unspecified atom stereocenters. The van der Waals surface area contributed by atoms with Crippen LogP contribution in [0.15, 0.2) is 42.6 Å². The molecule has 0 bridgehead atoms. The topological polar surface area (TPSA) is 74.3 Å². The van der Waals surface area contributed by atoms with Crippen LogP contribution in [0.25, 0.3) is 0 Å². The molecule has 1 aromatic heterocycles. The summed E-state index contributed by atoms with van der Waals surface area (Å²) in [6.07, 6.45) is 1.62. The summed E-state index contributed by atoms with van der Waals surface area (Å²) >= 11 is 0. The third-order valence-electron chi connectivity index (χ3n) is 4.42. The van der Waals surface area contributed by atoms with Crippen molar-refractivity contribution in [2.24, 2.45) is 0 Å². The maximum atomic E-state index is 12.9. The fourth-order valence-corrected chi connectivity index (χ4v) is 3.04. The van der Waals surface area contributed by atoms with Crippen molar-refractivity contribution in [2.45, 2.75) is 13.0 Å². The molecule has 0 saturated carbocycles. The zero-order valence-corrected chi connectivity index (χ0v) is 14.5. The predicted octanol–water partition coefficient (Wildman–Crippen LogP) is 1.54. The Bertz CT molecular complexity index is 773. The van der Waals surface area contributed by atoms with Gasteiger partial charge in [0.2, 0.25) is 0 Å². The van der Waals surface area contributed by atoms with Crippen LogP contribution in [0.3, 0.4) is 0 Å². The van der Waals surface area contributed by atoms with Crippen molar-refractivity contribution in [2.75, 3.05) is 26.7 Å². The molecule has 1 aromatic carbocycles. The second kappa shape index (κ2) is 7.44. The van der Waals surface area contributed by atoms with Crippen molar-refractivity contribution in [3.8, 4) is 0 Å². The number of nitrogens with zero attached hydrogens (tertiary/aromatic N) is 2. The molecule has 1 atom stereocenters. The lowest BCUT2D eigenvalue weighted by Crippen LogP contribution is -2.48. The van der Waals surface area contributed by atoms with Crippen molar-refractivity contribution in [3.05, 3.63) is 65.0 Å². The molecule has 25 heavy (non-hydrogen) atoms. The van der Waals surface area contributed by atoms with Gasteiger partial charge in [-0.05, 0) is 36.8 Å². The van der Waals surface area contributed by atoms with Gasteiger partial charge in [0.15, 0.2) is 0 Å². The first kappa shape index (κ1) is 17.1. The van der Waals surface area contributed by atoms with Gasteiger partial charge in [0.05, 0.1) is 11.6 Å².